The Hall–Kier alpha value is -1.82. The third-order valence-electron chi connectivity index (χ3n) is 5.94. The summed E-state index contributed by atoms with van der Waals surface area (Å²) in [5.41, 5.74) is 2.50. The molecule has 1 aliphatic rings. The second-order valence-electron chi connectivity index (χ2n) is 11.2. The molecule has 1 aromatic heterocycles. The van der Waals surface area contributed by atoms with Crippen molar-refractivity contribution in [3.63, 3.8) is 0 Å². The first-order chi connectivity index (χ1) is 13.8. The lowest BCUT2D eigenvalue weighted by Gasteiger charge is -2.42. The summed E-state index contributed by atoms with van der Waals surface area (Å²) in [5, 5.41) is 6.86. The van der Waals surface area contributed by atoms with Crippen LogP contribution in [-0.4, -0.2) is 63.1 Å². The van der Waals surface area contributed by atoms with Crippen LogP contribution in [0.4, 0.5) is 11.5 Å². The van der Waals surface area contributed by atoms with E-state index >= 15 is 0 Å². The van der Waals surface area contributed by atoms with Gasteiger partial charge >= 0.3 is 0 Å². The molecule has 0 aliphatic heterocycles. The van der Waals surface area contributed by atoms with E-state index in [2.05, 4.69) is 62.3 Å². The van der Waals surface area contributed by atoms with Crippen LogP contribution >= 0.6 is 0 Å². The van der Waals surface area contributed by atoms with Gasteiger partial charge in [-0.2, -0.15) is 0 Å². The number of rotatable bonds is 7. The van der Waals surface area contributed by atoms with Gasteiger partial charge in [0.1, 0.15) is 0 Å². The van der Waals surface area contributed by atoms with Crippen molar-refractivity contribution >= 4 is 17.4 Å². The van der Waals surface area contributed by atoms with E-state index in [1.165, 1.54) is 0 Å². The molecule has 1 fully saturated rings. The molecule has 0 spiro atoms. The Morgan fingerprint density at radius 3 is 2.43 bits per heavy atom. The number of carbonyl (C=O) groups excluding carboxylic acids is 1. The van der Waals surface area contributed by atoms with Gasteiger partial charge in [-0.05, 0) is 56.3 Å². The second kappa shape index (κ2) is 9.54. The van der Waals surface area contributed by atoms with Crippen LogP contribution in [0.15, 0.2) is 12.1 Å². The zero-order chi connectivity index (χ0) is 22.7. The highest BCUT2D eigenvalue weighted by atomic mass is 16.2. The number of likely N-dealkylation sites (N-methyl/N-ethyl adjacent to an activating group) is 1. The van der Waals surface area contributed by atoms with Crippen molar-refractivity contribution < 1.29 is 4.79 Å². The average Bonchev–Trinajstić information content (AvgIpc) is 2.60. The predicted molar refractivity (Wildman–Crippen MR) is 127 cm³/mol. The molecule has 6 nitrogen and oxygen atoms in total. The standard InChI is InChI=1S/C24H43N5O/c1-23(2,3)16-25-19-11-10-18(26-22(19)29(8)9)17-12-13-24(4,5)20(14-17)27-21(30)15-28(6)7/h10-11,17,20,25H,12-16H2,1-9H3,(H,27,30). The van der Waals surface area contributed by atoms with Crippen LogP contribution in [0.1, 0.15) is 65.5 Å². The van der Waals surface area contributed by atoms with Gasteiger partial charge in [0.25, 0.3) is 0 Å². The fourth-order valence-electron chi connectivity index (χ4n) is 4.02. The van der Waals surface area contributed by atoms with Crippen molar-refractivity contribution in [1.82, 2.24) is 15.2 Å². The van der Waals surface area contributed by atoms with E-state index in [0.29, 0.717) is 12.5 Å². The third kappa shape index (κ3) is 6.86. The predicted octanol–water partition coefficient (Wildman–Crippen LogP) is 3.95. The van der Waals surface area contributed by atoms with Gasteiger partial charge in [0.2, 0.25) is 5.91 Å². The first kappa shape index (κ1) is 24.4. The molecule has 0 radical (unpaired) electrons. The van der Waals surface area contributed by atoms with E-state index in [9.17, 15) is 4.79 Å². The molecule has 1 aromatic rings. The summed E-state index contributed by atoms with van der Waals surface area (Å²) < 4.78 is 0. The fraction of sp³-hybridized carbons (Fsp3) is 0.750. The maximum atomic E-state index is 12.4. The van der Waals surface area contributed by atoms with Crippen LogP contribution < -0.4 is 15.5 Å². The van der Waals surface area contributed by atoms with Gasteiger partial charge in [-0.15, -0.1) is 0 Å². The molecule has 2 atom stereocenters. The highest BCUT2D eigenvalue weighted by Gasteiger charge is 2.38. The third-order valence-corrected chi connectivity index (χ3v) is 5.94. The van der Waals surface area contributed by atoms with Crippen molar-refractivity contribution in [2.45, 2.75) is 65.8 Å². The van der Waals surface area contributed by atoms with Gasteiger partial charge < -0.3 is 20.4 Å². The number of nitrogens with one attached hydrogen (secondary N) is 2. The Balaban J connectivity index is 2.19. The molecule has 1 saturated carbocycles. The van der Waals surface area contributed by atoms with Gasteiger partial charge in [-0.3, -0.25) is 4.79 Å². The molecule has 6 heteroatoms. The lowest BCUT2D eigenvalue weighted by atomic mass is 9.68. The fourth-order valence-corrected chi connectivity index (χ4v) is 4.02. The molecule has 2 unspecified atom stereocenters. The first-order valence-electron chi connectivity index (χ1n) is 11.1. The number of hydrogen-bond donors (Lipinski definition) is 2. The van der Waals surface area contributed by atoms with Gasteiger partial charge in [-0.1, -0.05) is 34.6 Å². The lowest BCUT2D eigenvalue weighted by Crippen LogP contribution is -2.50. The highest BCUT2D eigenvalue weighted by molar-refractivity contribution is 5.78. The van der Waals surface area contributed by atoms with Crippen molar-refractivity contribution in [3.8, 4) is 0 Å². The Morgan fingerprint density at radius 2 is 1.87 bits per heavy atom. The van der Waals surface area contributed by atoms with Gasteiger partial charge in [0.05, 0.1) is 12.2 Å². The Bertz CT molecular complexity index is 721. The summed E-state index contributed by atoms with van der Waals surface area (Å²) in [5.74, 6) is 1.44. The Kier molecular flexibility index (Phi) is 7.78. The van der Waals surface area contributed by atoms with Crippen molar-refractivity contribution in [2.24, 2.45) is 10.8 Å². The molecule has 1 aliphatic carbocycles. The van der Waals surface area contributed by atoms with Crippen LogP contribution in [0.2, 0.25) is 0 Å². The average molecular weight is 418 g/mol. The molecular formula is C24H43N5O. The summed E-state index contributed by atoms with van der Waals surface area (Å²) in [7, 11) is 7.94. The first-order valence-corrected chi connectivity index (χ1v) is 11.1. The topological polar surface area (TPSA) is 60.5 Å². The summed E-state index contributed by atoms with van der Waals surface area (Å²) in [4.78, 5) is 21.5. The molecule has 0 saturated heterocycles. The number of amides is 1. The molecule has 0 aromatic carbocycles. The molecule has 0 bridgehead atoms. The van der Waals surface area contributed by atoms with Crippen molar-refractivity contribution in [2.75, 3.05) is 51.5 Å². The van der Waals surface area contributed by atoms with Crippen LogP contribution in [0.3, 0.4) is 0 Å². The van der Waals surface area contributed by atoms with Gasteiger partial charge in [0, 0.05) is 38.3 Å². The van der Waals surface area contributed by atoms with Gasteiger partial charge in [0.15, 0.2) is 5.82 Å². The summed E-state index contributed by atoms with van der Waals surface area (Å²) in [6, 6.07) is 4.50. The molecule has 30 heavy (non-hydrogen) atoms. The highest BCUT2D eigenvalue weighted by Crippen LogP contribution is 2.43. The number of carbonyl (C=O) groups is 1. The number of nitrogens with zero attached hydrogens (tertiary/aromatic N) is 3. The largest absolute Gasteiger partial charge is 0.382 e. The number of pyridine rings is 1. The zero-order valence-electron chi connectivity index (χ0n) is 20.6. The molecule has 2 rings (SSSR count). The summed E-state index contributed by atoms with van der Waals surface area (Å²) in [6.07, 6.45) is 3.11. The number of hydrogen-bond acceptors (Lipinski definition) is 5. The molecule has 1 heterocycles. The van der Waals surface area contributed by atoms with E-state index in [0.717, 1.165) is 43.0 Å². The Morgan fingerprint density at radius 1 is 1.20 bits per heavy atom. The Labute approximate surface area is 183 Å². The summed E-state index contributed by atoms with van der Waals surface area (Å²) >= 11 is 0. The number of anilines is 2. The molecule has 2 N–H and O–H groups in total. The SMILES string of the molecule is CN(C)CC(=O)NC1CC(c2ccc(NCC(C)(C)C)c(N(C)C)n2)CCC1(C)C. The van der Waals surface area contributed by atoms with E-state index in [-0.39, 0.29) is 22.8 Å². The van der Waals surface area contributed by atoms with Crippen LogP contribution in [-0.2, 0) is 4.79 Å². The van der Waals surface area contributed by atoms with Crippen molar-refractivity contribution in [1.29, 1.82) is 0 Å². The zero-order valence-corrected chi connectivity index (χ0v) is 20.6. The molecule has 1 amide bonds. The van der Waals surface area contributed by atoms with Crippen LogP contribution in [0.25, 0.3) is 0 Å². The second-order valence-corrected chi connectivity index (χ2v) is 11.2. The van der Waals surface area contributed by atoms with Gasteiger partial charge in [-0.25, -0.2) is 4.98 Å². The van der Waals surface area contributed by atoms with Crippen LogP contribution in [0.5, 0.6) is 0 Å². The van der Waals surface area contributed by atoms with E-state index in [4.69, 9.17) is 4.98 Å². The normalized spacial score (nSPS) is 21.4. The lowest BCUT2D eigenvalue weighted by molar-refractivity contribution is -0.123. The van der Waals surface area contributed by atoms with E-state index in [1.54, 1.807) is 0 Å². The van der Waals surface area contributed by atoms with E-state index < -0.39 is 0 Å². The smallest absolute Gasteiger partial charge is 0.234 e. The maximum absolute atomic E-state index is 12.4. The maximum Gasteiger partial charge on any atom is 0.234 e. The monoisotopic (exact) mass is 417 g/mol. The quantitative estimate of drug-likeness (QED) is 0.703. The molecule has 170 valence electrons. The number of aromatic nitrogens is 1. The van der Waals surface area contributed by atoms with E-state index in [1.807, 2.05) is 33.1 Å². The summed E-state index contributed by atoms with van der Waals surface area (Å²) in [6.45, 7) is 12.5. The minimum Gasteiger partial charge on any atom is -0.382 e. The minimum absolute atomic E-state index is 0.0943. The molecular weight excluding hydrogens is 374 g/mol. The van der Waals surface area contributed by atoms with Crippen molar-refractivity contribution in [3.05, 3.63) is 17.8 Å². The van der Waals surface area contributed by atoms with Crippen LogP contribution in [0, 0.1) is 10.8 Å². The minimum atomic E-state index is 0.0943.